The minimum atomic E-state index is -0.412. The van der Waals surface area contributed by atoms with Crippen LogP contribution in [-0.2, 0) is 19.1 Å². The molecule has 1 saturated heterocycles. The van der Waals surface area contributed by atoms with Crippen molar-refractivity contribution in [3.8, 4) is 0 Å². The van der Waals surface area contributed by atoms with E-state index in [-0.39, 0.29) is 18.0 Å². The van der Waals surface area contributed by atoms with Crippen molar-refractivity contribution in [2.24, 2.45) is 5.92 Å². The number of rotatable bonds is 1. The van der Waals surface area contributed by atoms with Gasteiger partial charge < -0.3 is 9.47 Å². The van der Waals surface area contributed by atoms with Gasteiger partial charge in [0.1, 0.15) is 12.2 Å². The Balaban J connectivity index is 2.39. The first-order valence-corrected chi connectivity index (χ1v) is 7.28. The Labute approximate surface area is 125 Å². The molecule has 21 heavy (non-hydrogen) atoms. The molecule has 0 amide bonds. The van der Waals surface area contributed by atoms with Crippen LogP contribution in [0.2, 0.25) is 0 Å². The Bertz CT molecular complexity index is 527. The number of hydrogen-bond donors (Lipinski definition) is 0. The Kier molecular flexibility index (Phi) is 4.66. The molecule has 0 bridgehead atoms. The van der Waals surface area contributed by atoms with E-state index in [0.717, 1.165) is 18.4 Å². The first-order valence-electron chi connectivity index (χ1n) is 7.28. The fraction of sp³-hybridized carbons (Fsp3) is 0.529. The molecule has 4 heteroatoms. The van der Waals surface area contributed by atoms with Crippen molar-refractivity contribution in [3.05, 3.63) is 35.5 Å². The van der Waals surface area contributed by atoms with Gasteiger partial charge in [0.25, 0.3) is 0 Å². The predicted octanol–water partition coefficient (Wildman–Crippen LogP) is 3.09. The number of fused-ring (bicyclic) bond motifs is 1. The molecule has 0 spiro atoms. The average Bonchev–Trinajstić information content (AvgIpc) is 2.62. The van der Waals surface area contributed by atoms with Crippen molar-refractivity contribution in [2.45, 2.75) is 52.2 Å². The van der Waals surface area contributed by atoms with Gasteiger partial charge in [-0.25, -0.2) is 4.79 Å². The van der Waals surface area contributed by atoms with Gasteiger partial charge in [0.2, 0.25) is 0 Å². The van der Waals surface area contributed by atoms with Gasteiger partial charge in [-0.15, -0.1) is 0 Å². The summed E-state index contributed by atoms with van der Waals surface area (Å²) in [6.07, 6.45) is 5.80. The van der Waals surface area contributed by atoms with Crippen LogP contribution in [0.15, 0.2) is 35.5 Å². The molecule has 1 aliphatic heterocycles. The van der Waals surface area contributed by atoms with Crippen molar-refractivity contribution in [3.63, 3.8) is 0 Å². The van der Waals surface area contributed by atoms with Crippen LogP contribution in [0.4, 0.5) is 0 Å². The lowest BCUT2D eigenvalue weighted by molar-refractivity contribution is -0.149. The largest absolute Gasteiger partial charge is 0.461 e. The van der Waals surface area contributed by atoms with E-state index in [1.807, 2.05) is 19.9 Å². The molecule has 0 radical (unpaired) electrons. The van der Waals surface area contributed by atoms with Gasteiger partial charge in [-0.3, -0.25) is 4.79 Å². The Hall–Kier alpha value is -1.84. The van der Waals surface area contributed by atoms with Gasteiger partial charge in [0.15, 0.2) is 0 Å². The number of carbonyl (C=O) groups is 2. The maximum atomic E-state index is 11.9. The minimum absolute atomic E-state index is 0.308. The molecule has 0 aromatic heterocycles. The highest BCUT2D eigenvalue weighted by Gasteiger charge is 2.44. The smallest absolute Gasteiger partial charge is 0.334 e. The zero-order valence-electron chi connectivity index (χ0n) is 12.8. The molecule has 1 aliphatic carbocycles. The maximum absolute atomic E-state index is 11.9. The number of allylic oxidation sites excluding steroid dienone is 2. The Morgan fingerprint density at radius 1 is 1.38 bits per heavy atom. The summed E-state index contributed by atoms with van der Waals surface area (Å²) in [5, 5.41) is 0. The lowest BCUT2D eigenvalue weighted by atomic mass is 9.85. The van der Waals surface area contributed by atoms with Gasteiger partial charge in [0.05, 0.1) is 5.92 Å². The van der Waals surface area contributed by atoms with Crippen molar-refractivity contribution in [1.82, 2.24) is 0 Å². The molecule has 0 unspecified atom stereocenters. The molecule has 3 atom stereocenters. The van der Waals surface area contributed by atoms with Crippen LogP contribution < -0.4 is 0 Å². The first kappa shape index (κ1) is 15.5. The monoisotopic (exact) mass is 290 g/mol. The van der Waals surface area contributed by atoms with Crippen molar-refractivity contribution in [1.29, 1.82) is 0 Å². The molecule has 4 nitrogen and oxygen atoms in total. The molecular weight excluding hydrogens is 268 g/mol. The number of carbonyl (C=O) groups excluding carboxylic acids is 2. The number of ether oxygens (including phenoxy) is 2. The summed E-state index contributed by atoms with van der Waals surface area (Å²) in [5.74, 6) is -1.05. The Morgan fingerprint density at radius 3 is 2.76 bits per heavy atom. The zero-order chi connectivity index (χ0) is 15.6. The minimum Gasteiger partial charge on any atom is -0.461 e. The van der Waals surface area contributed by atoms with E-state index >= 15 is 0 Å². The van der Waals surface area contributed by atoms with Crippen LogP contribution in [0.1, 0.15) is 40.0 Å². The summed E-state index contributed by atoms with van der Waals surface area (Å²) < 4.78 is 10.9. The zero-order valence-corrected chi connectivity index (χ0v) is 12.8. The van der Waals surface area contributed by atoms with E-state index in [1.165, 1.54) is 12.5 Å². The summed E-state index contributed by atoms with van der Waals surface area (Å²) in [6, 6.07) is 0. The van der Waals surface area contributed by atoms with E-state index < -0.39 is 12.1 Å². The first-order chi connectivity index (χ1) is 9.88. The predicted molar refractivity (Wildman–Crippen MR) is 79.4 cm³/mol. The molecule has 0 aromatic carbocycles. The van der Waals surface area contributed by atoms with Crippen molar-refractivity contribution >= 4 is 11.9 Å². The molecular formula is C17H22O4. The molecule has 1 fully saturated rings. The highest BCUT2D eigenvalue weighted by atomic mass is 16.6. The fourth-order valence-electron chi connectivity index (χ4n) is 2.95. The molecule has 2 rings (SSSR count). The van der Waals surface area contributed by atoms with Gasteiger partial charge >= 0.3 is 11.9 Å². The van der Waals surface area contributed by atoms with E-state index in [0.29, 0.717) is 12.0 Å². The Morgan fingerprint density at radius 2 is 2.10 bits per heavy atom. The van der Waals surface area contributed by atoms with Crippen LogP contribution in [0.25, 0.3) is 0 Å². The van der Waals surface area contributed by atoms with E-state index in [2.05, 4.69) is 12.7 Å². The van der Waals surface area contributed by atoms with Crippen LogP contribution >= 0.6 is 0 Å². The molecule has 2 aliphatic rings. The van der Waals surface area contributed by atoms with E-state index in [1.54, 1.807) is 0 Å². The molecule has 114 valence electrons. The van der Waals surface area contributed by atoms with E-state index in [4.69, 9.17) is 9.47 Å². The van der Waals surface area contributed by atoms with Gasteiger partial charge in [-0.1, -0.05) is 23.8 Å². The SMILES string of the molecule is C=C1C(=O)O[C@@H]2/C=C(/C)CC/C=C(/C)C[C@H](OC(C)=O)[C@@H]12. The summed E-state index contributed by atoms with van der Waals surface area (Å²) in [6.45, 7) is 9.27. The molecule has 0 saturated carbocycles. The molecule has 0 aromatic rings. The third-order valence-electron chi connectivity index (χ3n) is 3.98. The quantitative estimate of drug-likeness (QED) is 0.423. The summed E-state index contributed by atoms with van der Waals surface area (Å²) in [4.78, 5) is 23.2. The third-order valence-corrected chi connectivity index (χ3v) is 3.98. The van der Waals surface area contributed by atoms with Crippen LogP contribution in [0, 0.1) is 5.92 Å². The van der Waals surface area contributed by atoms with Gasteiger partial charge in [0, 0.05) is 18.9 Å². The van der Waals surface area contributed by atoms with Gasteiger partial charge in [-0.2, -0.15) is 0 Å². The summed E-state index contributed by atoms with van der Waals surface area (Å²) in [5.41, 5.74) is 2.71. The fourth-order valence-corrected chi connectivity index (χ4v) is 2.95. The maximum Gasteiger partial charge on any atom is 0.334 e. The number of esters is 2. The summed E-state index contributed by atoms with van der Waals surface area (Å²) >= 11 is 0. The molecule has 1 heterocycles. The lowest BCUT2D eigenvalue weighted by Gasteiger charge is -2.26. The topological polar surface area (TPSA) is 52.6 Å². The second-order valence-corrected chi connectivity index (χ2v) is 5.88. The average molecular weight is 290 g/mol. The normalized spacial score (nSPS) is 34.9. The second-order valence-electron chi connectivity index (χ2n) is 5.88. The van der Waals surface area contributed by atoms with Crippen molar-refractivity contribution < 1.29 is 19.1 Å². The summed E-state index contributed by atoms with van der Waals surface area (Å²) in [7, 11) is 0. The van der Waals surface area contributed by atoms with E-state index in [9.17, 15) is 9.59 Å². The van der Waals surface area contributed by atoms with Crippen LogP contribution in [0.5, 0.6) is 0 Å². The van der Waals surface area contributed by atoms with Gasteiger partial charge in [-0.05, 0) is 32.8 Å². The highest BCUT2D eigenvalue weighted by Crippen LogP contribution is 2.36. The number of hydrogen-bond acceptors (Lipinski definition) is 4. The standard InChI is InChI=1S/C17H22O4/c1-10-6-5-7-11(2)9-15-16(12(3)17(19)21-15)14(8-10)20-13(4)18/h6,9,14-16H,3,5,7-8H2,1-2,4H3/b10-6-,11-9-/t14-,15+,16+/m0/s1. The van der Waals surface area contributed by atoms with Crippen LogP contribution in [-0.4, -0.2) is 24.1 Å². The second kappa shape index (κ2) is 6.29. The van der Waals surface area contributed by atoms with Crippen LogP contribution in [0.3, 0.4) is 0 Å². The third kappa shape index (κ3) is 3.63. The molecule has 0 N–H and O–H groups in total. The van der Waals surface area contributed by atoms with Crippen molar-refractivity contribution in [2.75, 3.05) is 0 Å². The lowest BCUT2D eigenvalue weighted by Crippen LogP contribution is -2.32. The highest BCUT2D eigenvalue weighted by molar-refractivity contribution is 5.91.